The number of hydrogen-bond acceptors (Lipinski definition) is 5. The molecule has 9 heteroatoms. The van der Waals surface area contributed by atoms with Crippen LogP contribution < -0.4 is 15.6 Å². The topological polar surface area (TPSA) is 71.2 Å². The maximum atomic E-state index is 13.7. The minimum atomic E-state index is -0.250. The standard InChI is InChI=1S/C28H35FN6O2/c1-19-5-4-6-20(17-19)26-30-27-23-7-2-3-8-24(23)34(28(37)35(27)31-26)18-25(36)33-15-13-32(14-16-33)22-11-9-21(29)10-12-22/h4-6,9-12,17,23-24,26-27,30-31H,2-3,7-8,13-16,18H2,1H3. The molecule has 2 aromatic carbocycles. The van der Waals surface area contributed by atoms with Crippen molar-refractivity contribution in [1.82, 2.24) is 25.6 Å². The highest BCUT2D eigenvalue weighted by Crippen LogP contribution is 2.39. The zero-order valence-electron chi connectivity index (χ0n) is 21.3. The van der Waals surface area contributed by atoms with Crippen LogP contribution >= 0.6 is 0 Å². The average molecular weight is 507 g/mol. The monoisotopic (exact) mass is 506 g/mol. The van der Waals surface area contributed by atoms with Crippen LogP contribution in [0, 0.1) is 18.7 Å². The third kappa shape index (κ3) is 4.66. The Labute approximate surface area is 217 Å². The van der Waals surface area contributed by atoms with Gasteiger partial charge in [-0.15, -0.1) is 0 Å². The molecule has 196 valence electrons. The number of rotatable bonds is 4. The number of anilines is 1. The van der Waals surface area contributed by atoms with E-state index in [0.29, 0.717) is 26.2 Å². The predicted octanol–water partition coefficient (Wildman–Crippen LogP) is 3.21. The molecule has 4 fully saturated rings. The minimum absolute atomic E-state index is 0.00253. The van der Waals surface area contributed by atoms with Gasteiger partial charge in [0.1, 0.15) is 24.7 Å². The first-order valence-corrected chi connectivity index (χ1v) is 13.4. The number of carbonyl (C=O) groups is 2. The number of hydrazine groups is 1. The zero-order valence-corrected chi connectivity index (χ0v) is 21.3. The van der Waals surface area contributed by atoms with Gasteiger partial charge < -0.3 is 14.7 Å². The van der Waals surface area contributed by atoms with E-state index in [2.05, 4.69) is 40.8 Å². The highest BCUT2D eigenvalue weighted by atomic mass is 19.1. The number of urea groups is 1. The Kier molecular flexibility index (Phi) is 6.50. The third-order valence-corrected chi connectivity index (χ3v) is 8.43. The quantitative estimate of drug-likeness (QED) is 0.667. The Balaban J connectivity index is 1.13. The number of amides is 3. The molecule has 0 radical (unpaired) electrons. The molecule has 1 saturated carbocycles. The van der Waals surface area contributed by atoms with E-state index in [1.165, 1.54) is 17.7 Å². The molecular formula is C28H35FN6O2. The number of hydrogen-bond donors (Lipinski definition) is 2. The first-order valence-electron chi connectivity index (χ1n) is 13.4. The van der Waals surface area contributed by atoms with E-state index in [0.717, 1.165) is 36.9 Å². The van der Waals surface area contributed by atoms with E-state index in [1.54, 1.807) is 17.1 Å². The molecule has 6 rings (SSSR count). The highest BCUT2D eigenvalue weighted by molar-refractivity contribution is 5.85. The first-order chi connectivity index (χ1) is 18.0. The van der Waals surface area contributed by atoms with Crippen molar-refractivity contribution in [3.63, 3.8) is 0 Å². The summed E-state index contributed by atoms with van der Waals surface area (Å²) in [5.41, 5.74) is 6.65. The van der Waals surface area contributed by atoms with E-state index in [-0.39, 0.29) is 48.6 Å². The number of piperazine rings is 1. The number of carbonyl (C=O) groups excluding carboxylic acids is 2. The predicted molar refractivity (Wildman–Crippen MR) is 139 cm³/mol. The molecular weight excluding hydrogens is 471 g/mol. The molecule has 3 aliphatic heterocycles. The molecule has 4 unspecified atom stereocenters. The van der Waals surface area contributed by atoms with E-state index < -0.39 is 0 Å². The molecule has 2 aromatic rings. The van der Waals surface area contributed by atoms with Gasteiger partial charge in [0.25, 0.3) is 0 Å². The lowest BCUT2D eigenvalue weighted by molar-refractivity contribution is -0.134. The van der Waals surface area contributed by atoms with Crippen LogP contribution in [-0.2, 0) is 4.79 Å². The summed E-state index contributed by atoms with van der Waals surface area (Å²) < 4.78 is 13.3. The van der Waals surface area contributed by atoms with E-state index >= 15 is 0 Å². The summed E-state index contributed by atoms with van der Waals surface area (Å²) in [4.78, 5) is 33.0. The summed E-state index contributed by atoms with van der Waals surface area (Å²) in [5.74, 6) is 0.0223. The second-order valence-electron chi connectivity index (χ2n) is 10.7. The highest BCUT2D eigenvalue weighted by Gasteiger charge is 2.52. The van der Waals surface area contributed by atoms with Crippen LogP contribution in [0.3, 0.4) is 0 Å². The van der Waals surface area contributed by atoms with Gasteiger partial charge in [-0.1, -0.05) is 42.7 Å². The molecule has 4 atom stereocenters. The van der Waals surface area contributed by atoms with Gasteiger partial charge in [-0.25, -0.2) is 19.6 Å². The number of nitrogens with zero attached hydrogens (tertiary/aromatic N) is 4. The van der Waals surface area contributed by atoms with E-state index in [4.69, 9.17) is 0 Å². The van der Waals surface area contributed by atoms with Crippen LogP contribution in [0.1, 0.15) is 43.0 Å². The molecule has 2 N–H and O–H groups in total. The van der Waals surface area contributed by atoms with Gasteiger partial charge in [-0.3, -0.25) is 10.1 Å². The van der Waals surface area contributed by atoms with Crippen molar-refractivity contribution in [1.29, 1.82) is 0 Å². The first kappa shape index (κ1) is 24.2. The van der Waals surface area contributed by atoms with Crippen molar-refractivity contribution < 1.29 is 14.0 Å². The van der Waals surface area contributed by atoms with Crippen molar-refractivity contribution in [2.24, 2.45) is 5.92 Å². The lowest BCUT2D eigenvalue weighted by Gasteiger charge is -2.50. The van der Waals surface area contributed by atoms with Crippen LogP contribution in [0.25, 0.3) is 0 Å². The molecule has 3 saturated heterocycles. The molecule has 0 spiro atoms. The molecule has 0 aromatic heterocycles. The van der Waals surface area contributed by atoms with Crippen LogP contribution in [0.4, 0.5) is 14.9 Å². The number of halogens is 1. The molecule has 0 bridgehead atoms. The Morgan fingerprint density at radius 3 is 2.54 bits per heavy atom. The average Bonchev–Trinajstić information content (AvgIpc) is 3.38. The number of fused-ring (bicyclic) bond motifs is 3. The molecule has 4 aliphatic rings. The number of benzene rings is 2. The van der Waals surface area contributed by atoms with Gasteiger partial charge in [0, 0.05) is 43.8 Å². The molecule has 8 nitrogen and oxygen atoms in total. The Morgan fingerprint density at radius 2 is 1.78 bits per heavy atom. The van der Waals surface area contributed by atoms with Gasteiger partial charge in [0.05, 0.1) is 0 Å². The SMILES string of the molecule is Cc1cccc(C2NC3C4CCCCC4N(CC(=O)N4CCN(c5ccc(F)cc5)CC4)C(=O)N3N2)c1. The summed E-state index contributed by atoms with van der Waals surface area (Å²) in [6, 6.07) is 14.8. The number of nitrogens with one attached hydrogen (secondary N) is 2. The number of aryl methyl sites for hydroxylation is 1. The largest absolute Gasteiger partial charge is 0.368 e. The summed E-state index contributed by atoms with van der Waals surface area (Å²) >= 11 is 0. The summed E-state index contributed by atoms with van der Waals surface area (Å²) in [6.07, 6.45) is 3.99. The van der Waals surface area contributed by atoms with Gasteiger partial charge in [0.2, 0.25) is 5.91 Å². The van der Waals surface area contributed by atoms with E-state index in [1.807, 2.05) is 15.9 Å². The Bertz CT molecular complexity index is 1150. The lowest BCUT2D eigenvalue weighted by Crippen LogP contribution is -2.67. The van der Waals surface area contributed by atoms with Gasteiger partial charge in [0.15, 0.2) is 0 Å². The molecule has 37 heavy (non-hydrogen) atoms. The fourth-order valence-corrected chi connectivity index (χ4v) is 6.48. The summed E-state index contributed by atoms with van der Waals surface area (Å²) in [6.45, 7) is 4.74. The van der Waals surface area contributed by atoms with Crippen molar-refractivity contribution in [2.45, 2.75) is 51.0 Å². The van der Waals surface area contributed by atoms with Gasteiger partial charge in [-0.05, 0) is 49.6 Å². The van der Waals surface area contributed by atoms with Crippen LogP contribution in [-0.4, -0.2) is 71.7 Å². The van der Waals surface area contributed by atoms with Crippen LogP contribution in [0.15, 0.2) is 48.5 Å². The van der Waals surface area contributed by atoms with E-state index in [9.17, 15) is 14.0 Å². The van der Waals surface area contributed by atoms with Crippen molar-refractivity contribution in [3.05, 3.63) is 65.5 Å². The smallest absolute Gasteiger partial charge is 0.336 e. The molecule has 1 aliphatic carbocycles. The molecule has 3 heterocycles. The zero-order chi connectivity index (χ0) is 25.5. The van der Waals surface area contributed by atoms with Gasteiger partial charge >= 0.3 is 6.03 Å². The lowest BCUT2D eigenvalue weighted by atomic mass is 9.80. The second-order valence-corrected chi connectivity index (χ2v) is 10.7. The fraction of sp³-hybridized carbons (Fsp3) is 0.500. The minimum Gasteiger partial charge on any atom is -0.368 e. The Morgan fingerprint density at radius 1 is 1.03 bits per heavy atom. The van der Waals surface area contributed by atoms with Crippen molar-refractivity contribution in [3.8, 4) is 0 Å². The maximum Gasteiger partial charge on any atom is 0.336 e. The van der Waals surface area contributed by atoms with Crippen molar-refractivity contribution in [2.75, 3.05) is 37.6 Å². The van der Waals surface area contributed by atoms with Crippen LogP contribution in [0.2, 0.25) is 0 Å². The van der Waals surface area contributed by atoms with Crippen LogP contribution in [0.5, 0.6) is 0 Å². The summed E-state index contributed by atoms with van der Waals surface area (Å²) in [7, 11) is 0. The molecule has 3 amide bonds. The summed E-state index contributed by atoms with van der Waals surface area (Å²) in [5, 5.41) is 5.41. The third-order valence-electron chi connectivity index (χ3n) is 8.43. The maximum absolute atomic E-state index is 13.7. The Hall–Kier alpha value is -3.17. The fourth-order valence-electron chi connectivity index (χ4n) is 6.48. The van der Waals surface area contributed by atoms with Gasteiger partial charge in [-0.2, -0.15) is 0 Å². The van der Waals surface area contributed by atoms with Crippen molar-refractivity contribution >= 4 is 17.6 Å². The second kappa shape index (κ2) is 9.95. The normalized spacial score (nSPS) is 27.8.